The summed E-state index contributed by atoms with van der Waals surface area (Å²) in [6, 6.07) is 2.32. The van der Waals surface area contributed by atoms with Crippen LogP contribution in [-0.4, -0.2) is 53.1 Å². The second kappa shape index (κ2) is 8.36. The number of urea groups is 1. The van der Waals surface area contributed by atoms with Gasteiger partial charge >= 0.3 is 6.03 Å². The normalized spacial score (nSPS) is 23.0. The van der Waals surface area contributed by atoms with Crippen LogP contribution in [0.3, 0.4) is 0 Å². The molecule has 1 aromatic heterocycles. The molecule has 1 saturated carbocycles. The van der Waals surface area contributed by atoms with Gasteiger partial charge in [-0.15, -0.1) is 24.8 Å². The summed E-state index contributed by atoms with van der Waals surface area (Å²) in [7, 11) is 0. The molecule has 0 bridgehead atoms. The van der Waals surface area contributed by atoms with E-state index in [0.29, 0.717) is 25.0 Å². The van der Waals surface area contributed by atoms with E-state index in [1.165, 1.54) is 0 Å². The molecule has 2 amide bonds. The summed E-state index contributed by atoms with van der Waals surface area (Å²) < 4.78 is 0. The van der Waals surface area contributed by atoms with Crippen LogP contribution in [-0.2, 0) is 0 Å². The van der Waals surface area contributed by atoms with Crippen molar-refractivity contribution in [2.24, 2.45) is 5.73 Å². The lowest BCUT2D eigenvalue weighted by atomic mass is 9.79. The highest BCUT2D eigenvalue weighted by Crippen LogP contribution is 2.34. The molecule has 0 aromatic carbocycles. The minimum Gasteiger partial charge on any atom is -0.368 e. The van der Waals surface area contributed by atoms with Crippen LogP contribution in [0.5, 0.6) is 0 Å². The van der Waals surface area contributed by atoms with Gasteiger partial charge in [0.25, 0.3) is 0 Å². The minimum absolute atomic E-state index is 0. The van der Waals surface area contributed by atoms with Crippen molar-refractivity contribution in [3.05, 3.63) is 18.1 Å². The van der Waals surface area contributed by atoms with Gasteiger partial charge < -0.3 is 21.3 Å². The molecule has 0 spiro atoms. The minimum atomic E-state index is 0. The first-order valence-electron chi connectivity index (χ1n) is 7.06. The Hall–Kier alpha value is -1.31. The predicted octanol–water partition coefficient (Wildman–Crippen LogP) is 0.962. The summed E-state index contributed by atoms with van der Waals surface area (Å²) in [6.45, 7) is 2.88. The third kappa shape index (κ3) is 4.34. The summed E-state index contributed by atoms with van der Waals surface area (Å²) in [6.07, 6.45) is 3.60. The first-order valence-corrected chi connectivity index (χ1v) is 7.06. The van der Waals surface area contributed by atoms with Gasteiger partial charge in [0.1, 0.15) is 12.1 Å². The molecule has 2 aliphatic rings. The zero-order valence-electron chi connectivity index (χ0n) is 12.2. The quantitative estimate of drug-likeness (QED) is 0.736. The Labute approximate surface area is 142 Å². The van der Waals surface area contributed by atoms with Gasteiger partial charge in [0, 0.05) is 49.9 Å². The van der Waals surface area contributed by atoms with Crippen LogP contribution in [0.2, 0.25) is 0 Å². The Morgan fingerprint density at radius 2 is 2.14 bits per heavy atom. The zero-order chi connectivity index (χ0) is 13.9. The number of hydrogen-bond donors (Lipinski definition) is 3. The monoisotopic (exact) mass is 348 g/mol. The van der Waals surface area contributed by atoms with Gasteiger partial charge in [0.15, 0.2) is 0 Å². The van der Waals surface area contributed by atoms with Crippen LogP contribution in [0.4, 0.5) is 10.6 Å². The molecule has 2 fully saturated rings. The first-order chi connectivity index (χ1) is 9.72. The van der Waals surface area contributed by atoms with Crippen LogP contribution in [0.25, 0.3) is 0 Å². The van der Waals surface area contributed by atoms with Crippen LogP contribution in [0.15, 0.2) is 12.4 Å². The Morgan fingerprint density at radius 1 is 1.36 bits per heavy atom. The van der Waals surface area contributed by atoms with E-state index in [1.807, 2.05) is 6.07 Å². The number of anilines is 1. The standard InChI is InChI=1S/C13H20N6O.2ClH/c14-10-5-9(6-10)11-7-12(18-8-17-11)15-1-3-19-4-2-16-13(19)20;;/h7-10H,1-6,14H2,(H,16,20)(H,15,17,18);2*1H. The van der Waals surface area contributed by atoms with Gasteiger partial charge in [-0.1, -0.05) is 0 Å². The molecule has 0 atom stereocenters. The predicted molar refractivity (Wildman–Crippen MR) is 89.9 cm³/mol. The van der Waals surface area contributed by atoms with Crippen LogP contribution in [0, 0.1) is 0 Å². The van der Waals surface area contributed by atoms with E-state index in [1.54, 1.807) is 11.2 Å². The molecular formula is C13H22Cl2N6O. The molecule has 1 aliphatic carbocycles. The van der Waals surface area contributed by atoms with Crippen molar-refractivity contribution >= 4 is 36.7 Å². The van der Waals surface area contributed by atoms with E-state index in [-0.39, 0.29) is 30.8 Å². The average Bonchev–Trinajstić information content (AvgIpc) is 2.81. The van der Waals surface area contributed by atoms with Gasteiger partial charge in [0.05, 0.1) is 0 Å². The number of hydrogen-bond acceptors (Lipinski definition) is 5. The van der Waals surface area contributed by atoms with Crippen molar-refractivity contribution < 1.29 is 4.79 Å². The van der Waals surface area contributed by atoms with Crippen LogP contribution in [0.1, 0.15) is 24.5 Å². The Kier molecular flexibility index (Phi) is 7.12. The molecule has 4 N–H and O–H groups in total. The Bertz CT molecular complexity index is 497. The molecule has 7 nitrogen and oxygen atoms in total. The number of carbonyl (C=O) groups is 1. The number of amides is 2. The van der Waals surface area contributed by atoms with E-state index in [0.717, 1.165) is 37.4 Å². The van der Waals surface area contributed by atoms with Crippen molar-refractivity contribution in [3.8, 4) is 0 Å². The highest BCUT2D eigenvalue weighted by molar-refractivity contribution is 5.85. The summed E-state index contributed by atoms with van der Waals surface area (Å²) in [5, 5.41) is 6.03. The fourth-order valence-electron chi connectivity index (χ4n) is 2.64. The number of carbonyl (C=O) groups excluding carboxylic acids is 1. The van der Waals surface area contributed by atoms with E-state index in [2.05, 4.69) is 20.6 Å². The topological polar surface area (TPSA) is 96.2 Å². The van der Waals surface area contributed by atoms with E-state index in [4.69, 9.17) is 5.73 Å². The SMILES string of the molecule is Cl.Cl.NC1CC(c2cc(NCCN3CCNC3=O)ncn2)C1. The van der Waals surface area contributed by atoms with Gasteiger partial charge in [-0.2, -0.15) is 0 Å². The Morgan fingerprint density at radius 3 is 2.77 bits per heavy atom. The third-order valence-electron chi connectivity index (χ3n) is 3.91. The third-order valence-corrected chi connectivity index (χ3v) is 3.91. The number of nitrogens with zero attached hydrogens (tertiary/aromatic N) is 3. The lowest BCUT2D eigenvalue weighted by molar-refractivity contribution is 0.219. The maximum absolute atomic E-state index is 11.4. The second-order valence-electron chi connectivity index (χ2n) is 5.40. The molecular weight excluding hydrogens is 327 g/mol. The fourth-order valence-corrected chi connectivity index (χ4v) is 2.64. The molecule has 124 valence electrons. The van der Waals surface area contributed by atoms with E-state index >= 15 is 0 Å². The van der Waals surface area contributed by atoms with Crippen molar-refractivity contribution in [2.45, 2.75) is 24.8 Å². The van der Waals surface area contributed by atoms with Crippen LogP contribution < -0.4 is 16.4 Å². The molecule has 3 rings (SSSR count). The molecule has 9 heteroatoms. The largest absolute Gasteiger partial charge is 0.368 e. The maximum atomic E-state index is 11.4. The summed E-state index contributed by atoms with van der Waals surface area (Å²) in [5.41, 5.74) is 6.86. The molecule has 2 heterocycles. The second-order valence-corrected chi connectivity index (χ2v) is 5.40. The van der Waals surface area contributed by atoms with Gasteiger partial charge in [-0.25, -0.2) is 14.8 Å². The fraction of sp³-hybridized carbons (Fsp3) is 0.615. The van der Waals surface area contributed by atoms with Gasteiger partial charge in [0.2, 0.25) is 0 Å². The van der Waals surface area contributed by atoms with Crippen LogP contribution >= 0.6 is 24.8 Å². The van der Waals surface area contributed by atoms with Crippen molar-refractivity contribution in [3.63, 3.8) is 0 Å². The molecule has 0 unspecified atom stereocenters. The summed E-state index contributed by atoms with van der Waals surface area (Å²) in [5.74, 6) is 1.29. The number of rotatable bonds is 5. The molecule has 1 aromatic rings. The average molecular weight is 349 g/mol. The number of nitrogens with one attached hydrogen (secondary N) is 2. The van der Waals surface area contributed by atoms with Crippen molar-refractivity contribution in [1.82, 2.24) is 20.2 Å². The number of halogens is 2. The molecule has 1 saturated heterocycles. The zero-order valence-corrected chi connectivity index (χ0v) is 13.8. The Balaban J connectivity index is 0.00000121. The van der Waals surface area contributed by atoms with Crippen molar-refractivity contribution in [1.29, 1.82) is 0 Å². The first kappa shape index (κ1) is 18.7. The van der Waals surface area contributed by atoms with Gasteiger partial charge in [-0.05, 0) is 12.8 Å². The summed E-state index contributed by atoms with van der Waals surface area (Å²) >= 11 is 0. The molecule has 0 radical (unpaired) electrons. The lowest BCUT2D eigenvalue weighted by Gasteiger charge is -2.31. The molecule has 1 aliphatic heterocycles. The highest BCUT2D eigenvalue weighted by Gasteiger charge is 2.28. The molecule has 22 heavy (non-hydrogen) atoms. The smallest absolute Gasteiger partial charge is 0.317 e. The number of aromatic nitrogens is 2. The van der Waals surface area contributed by atoms with Crippen molar-refractivity contribution in [2.75, 3.05) is 31.5 Å². The maximum Gasteiger partial charge on any atom is 0.317 e. The van der Waals surface area contributed by atoms with Gasteiger partial charge in [-0.3, -0.25) is 0 Å². The summed E-state index contributed by atoms with van der Waals surface area (Å²) in [4.78, 5) is 21.7. The number of nitrogens with two attached hydrogens (primary N) is 1. The lowest BCUT2D eigenvalue weighted by Crippen LogP contribution is -2.35. The highest BCUT2D eigenvalue weighted by atomic mass is 35.5. The van der Waals surface area contributed by atoms with E-state index < -0.39 is 0 Å². The van der Waals surface area contributed by atoms with E-state index in [9.17, 15) is 4.79 Å².